The van der Waals surface area contributed by atoms with Crippen LogP contribution in [-0.2, 0) is 17.8 Å². The normalized spacial score (nSPS) is 15.3. The van der Waals surface area contributed by atoms with E-state index in [9.17, 15) is 8.94 Å². The number of aromatic nitrogens is 4. The van der Waals surface area contributed by atoms with Crippen molar-refractivity contribution in [2.75, 3.05) is 29.5 Å². The Balaban J connectivity index is 1.65. The van der Waals surface area contributed by atoms with E-state index in [0.717, 1.165) is 5.56 Å². The Morgan fingerprint density at radius 2 is 1.85 bits per heavy atom. The Bertz CT molecular complexity index is 954. The van der Waals surface area contributed by atoms with Crippen molar-refractivity contribution in [2.45, 2.75) is 6.61 Å². The van der Waals surface area contributed by atoms with Gasteiger partial charge in [0.05, 0.1) is 13.1 Å². The van der Waals surface area contributed by atoms with Crippen molar-refractivity contribution in [1.82, 2.24) is 19.9 Å². The van der Waals surface area contributed by atoms with Crippen LogP contribution in [0.2, 0.25) is 5.28 Å². The minimum atomic E-state index is -0.806. The second-order valence-corrected chi connectivity index (χ2v) is 7.98. The molecule has 1 aliphatic rings. The maximum absolute atomic E-state index is 13.0. The molecule has 2 aromatic heterocycles. The molecule has 7 nitrogen and oxygen atoms in total. The summed E-state index contributed by atoms with van der Waals surface area (Å²) < 4.78 is 30.4. The van der Waals surface area contributed by atoms with Crippen LogP contribution in [0.4, 0.5) is 10.2 Å². The largest absolute Gasteiger partial charge is 0.616 e. The van der Waals surface area contributed by atoms with E-state index in [2.05, 4.69) is 19.9 Å². The second-order valence-electron chi connectivity index (χ2n) is 5.94. The molecule has 0 unspecified atom stereocenters. The van der Waals surface area contributed by atoms with Crippen molar-refractivity contribution in [1.29, 1.82) is 0 Å². The Labute approximate surface area is 162 Å². The summed E-state index contributed by atoms with van der Waals surface area (Å²) in [5.41, 5.74) is 1.72. The van der Waals surface area contributed by atoms with E-state index in [1.54, 1.807) is 12.1 Å². The second kappa shape index (κ2) is 7.79. The van der Waals surface area contributed by atoms with Crippen LogP contribution in [0.1, 0.15) is 5.56 Å². The van der Waals surface area contributed by atoms with E-state index in [0.29, 0.717) is 41.4 Å². The van der Waals surface area contributed by atoms with E-state index in [-0.39, 0.29) is 23.6 Å². The summed E-state index contributed by atoms with van der Waals surface area (Å²) in [6.45, 7) is 1.40. The predicted molar refractivity (Wildman–Crippen MR) is 101 cm³/mol. The summed E-state index contributed by atoms with van der Waals surface area (Å²) in [7, 11) is 0. The first-order chi connectivity index (χ1) is 13.1. The number of hydrogen-bond acceptors (Lipinski definition) is 7. The van der Waals surface area contributed by atoms with Crippen molar-refractivity contribution in [3.63, 3.8) is 0 Å². The molecule has 0 aliphatic carbocycles. The van der Waals surface area contributed by atoms with Crippen LogP contribution in [0.25, 0.3) is 11.0 Å². The van der Waals surface area contributed by atoms with E-state index >= 15 is 0 Å². The quantitative estimate of drug-likeness (QED) is 0.484. The fourth-order valence-electron chi connectivity index (χ4n) is 2.79. The molecule has 1 fully saturated rings. The van der Waals surface area contributed by atoms with Gasteiger partial charge in [0.1, 0.15) is 35.8 Å². The number of rotatable bonds is 4. The summed E-state index contributed by atoms with van der Waals surface area (Å²) in [4.78, 5) is 19.0. The topological polar surface area (TPSA) is 87.1 Å². The van der Waals surface area contributed by atoms with Gasteiger partial charge in [-0.05, 0) is 29.3 Å². The summed E-state index contributed by atoms with van der Waals surface area (Å²) >= 11 is 5.31. The van der Waals surface area contributed by atoms with Crippen LogP contribution >= 0.6 is 11.6 Å². The van der Waals surface area contributed by atoms with Crippen molar-refractivity contribution in [3.8, 4) is 5.88 Å². The maximum atomic E-state index is 13.0. The van der Waals surface area contributed by atoms with Crippen LogP contribution in [-0.4, -0.2) is 49.1 Å². The molecule has 0 amide bonds. The van der Waals surface area contributed by atoms with Crippen LogP contribution in [0.3, 0.4) is 0 Å². The van der Waals surface area contributed by atoms with Crippen molar-refractivity contribution in [3.05, 3.63) is 47.3 Å². The van der Waals surface area contributed by atoms with Crippen molar-refractivity contribution < 1.29 is 13.7 Å². The fraction of sp³-hybridized carbons (Fsp3) is 0.294. The predicted octanol–water partition coefficient (Wildman–Crippen LogP) is 2.36. The van der Waals surface area contributed by atoms with E-state index in [4.69, 9.17) is 16.3 Å². The Kier molecular flexibility index (Phi) is 5.24. The monoisotopic (exact) mass is 407 g/mol. The van der Waals surface area contributed by atoms with Gasteiger partial charge < -0.3 is 14.2 Å². The lowest BCUT2D eigenvalue weighted by atomic mass is 10.2. The van der Waals surface area contributed by atoms with Gasteiger partial charge in [-0.25, -0.2) is 14.4 Å². The van der Waals surface area contributed by atoms with Crippen LogP contribution in [0.5, 0.6) is 5.88 Å². The Morgan fingerprint density at radius 1 is 1.11 bits per heavy atom. The molecule has 0 radical (unpaired) electrons. The number of hydrogen-bond donors (Lipinski definition) is 0. The lowest BCUT2D eigenvalue weighted by molar-refractivity contribution is 0.297. The number of fused-ring (bicyclic) bond motifs is 1. The number of benzene rings is 1. The first kappa shape index (κ1) is 18.1. The van der Waals surface area contributed by atoms with Gasteiger partial charge in [0.15, 0.2) is 11.3 Å². The summed E-state index contributed by atoms with van der Waals surface area (Å²) in [5, 5.41) is 0.0608. The molecule has 0 bridgehead atoms. The molecule has 0 atom stereocenters. The number of nitrogens with zero attached hydrogens (tertiary/aromatic N) is 5. The highest BCUT2D eigenvalue weighted by molar-refractivity contribution is 7.91. The number of anilines is 1. The minimum absolute atomic E-state index is 0.0608. The van der Waals surface area contributed by atoms with Gasteiger partial charge in [0.2, 0.25) is 11.2 Å². The zero-order chi connectivity index (χ0) is 18.8. The molecule has 1 aromatic carbocycles. The third kappa shape index (κ3) is 4.05. The van der Waals surface area contributed by atoms with Gasteiger partial charge in [-0.1, -0.05) is 23.3 Å². The van der Waals surface area contributed by atoms with Gasteiger partial charge >= 0.3 is 0 Å². The highest BCUT2D eigenvalue weighted by Crippen LogP contribution is 2.29. The molecule has 140 valence electrons. The highest BCUT2D eigenvalue weighted by atomic mass is 35.5. The lowest BCUT2D eigenvalue weighted by Gasteiger charge is -2.29. The Hall–Kier alpha value is -2.23. The molecule has 3 aromatic rings. The summed E-state index contributed by atoms with van der Waals surface area (Å²) in [6.07, 6.45) is 1.38. The first-order valence-corrected chi connectivity index (χ1v) is 10.1. The van der Waals surface area contributed by atoms with Gasteiger partial charge in [-0.3, -0.25) is 0 Å². The molecule has 0 N–H and O–H groups in total. The minimum Gasteiger partial charge on any atom is -0.616 e. The molecule has 10 heteroatoms. The number of halogens is 2. The van der Waals surface area contributed by atoms with Crippen molar-refractivity contribution >= 4 is 39.6 Å². The molecule has 4 rings (SSSR count). The maximum Gasteiger partial charge on any atom is 0.244 e. The lowest BCUT2D eigenvalue weighted by Crippen LogP contribution is -2.41. The average Bonchev–Trinajstić information content (AvgIpc) is 2.68. The van der Waals surface area contributed by atoms with Crippen LogP contribution in [0.15, 0.2) is 30.6 Å². The SMILES string of the molecule is [O-][S+]1CCN(c2nc(Cl)nc3c(OCc4ccc(F)cc4)ncnc23)CC1. The third-order valence-electron chi connectivity index (χ3n) is 4.17. The van der Waals surface area contributed by atoms with Crippen molar-refractivity contribution in [2.24, 2.45) is 0 Å². The highest BCUT2D eigenvalue weighted by Gasteiger charge is 2.24. The van der Waals surface area contributed by atoms with E-state index in [1.807, 2.05) is 4.90 Å². The van der Waals surface area contributed by atoms with Crippen LogP contribution < -0.4 is 9.64 Å². The van der Waals surface area contributed by atoms with E-state index < -0.39 is 11.2 Å². The molecule has 1 saturated heterocycles. The molecular weight excluding hydrogens is 393 g/mol. The molecule has 0 spiro atoms. The fourth-order valence-corrected chi connectivity index (χ4v) is 4.01. The third-order valence-corrected chi connectivity index (χ3v) is 5.61. The molecular formula is C17H15ClFN5O2S. The molecule has 0 saturated carbocycles. The first-order valence-electron chi connectivity index (χ1n) is 8.25. The van der Waals surface area contributed by atoms with Gasteiger partial charge in [-0.15, -0.1) is 0 Å². The van der Waals surface area contributed by atoms with Gasteiger partial charge in [0, 0.05) is 0 Å². The summed E-state index contributed by atoms with van der Waals surface area (Å²) in [6, 6.07) is 6.02. The zero-order valence-corrected chi connectivity index (χ0v) is 15.7. The smallest absolute Gasteiger partial charge is 0.244 e. The standard InChI is InChI=1S/C17H15ClFN5O2S/c18-17-22-14-13(15(23-17)24-5-7-27(25)8-6-24)20-10-21-16(14)26-9-11-1-3-12(19)4-2-11/h1-4,10H,5-9H2. The average molecular weight is 408 g/mol. The molecule has 1 aliphatic heterocycles. The summed E-state index contributed by atoms with van der Waals surface area (Å²) in [5.74, 6) is 1.69. The Morgan fingerprint density at radius 3 is 2.59 bits per heavy atom. The van der Waals surface area contributed by atoms with Gasteiger partial charge in [0.25, 0.3) is 0 Å². The number of ether oxygens (including phenoxy) is 1. The van der Waals surface area contributed by atoms with Crippen LogP contribution in [0, 0.1) is 5.82 Å². The van der Waals surface area contributed by atoms with E-state index in [1.165, 1.54) is 18.5 Å². The van der Waals surface area contributed by atoms with Gasteiger partial charge in [-0.2, -0.15) is 9.97 Å². The molecule has 27 heavy (non-hydrogen) atoms. The molecule has 3 heterocycles. The zero-order valence-electron chi connectivity index (χ0n) is 14.1.